The van der Waals surface area contributed by atoms with Crippen LogP contribution in [0.2, 0.25) is 0 Å². The molecule has 2 rings (SSSR count). The summed E-state index contributed by atoms with van der Waals surface area (Å²) in [4.78, 5) is 7.32. The molecule has 3 heteroatoms. The molecule has 0 unspecified atom stereocenters. The van der Waals surface area contributed by atoms with Crippen molar-refractivity contribution in [3.63, 3.8) is 0 Å². The summed E-state index contributed by atoms with van der Waals surface area (Å²) >= 11 is 0. The van der Waals surface area contributed by atoms with Crippen molar-refractivity contribution in [1.29, 1.82) is 0 Å². The maximum atomic E-state index is 4.78. The number of rotatable bonds is 9. The fourth-order valence-corrected chi connectivity index (χ4v) is 2.68. The average molecular weight is 275 g/mol. The smallest absolute Gasteiger partial charge is 0.0547 e. The molecule has 1 aliphatic carbocycles. The van der Waals surface area contributed by atoms with E-state index >= 15 is 0 Å². The molecule has 0 radical (unpaired) electrons. The second-order valence-corrected chi connectivity index (χ2v) is 5.92. The summed E-state index contributed by atoms with van der Waals surface area (Å²) in [7, 11) is 0. The Kier molecular flexibility index (Phi) is 6.48. The molecule has 1 aliphatic rings. The lowest BCUT2D eigenvalue weighted by atomic mass is 9.85. The van der Waals surface area contributed by atoms with Gasteiger partial charge >= 0.3 is 0 Å². The van der Waals surface area contributed by atoms with Crippen molar-refractivity contribution >= 4 is 0 Å². The van der Waals surface area contributed by atoms with E-state index in [9.17, 15) is 0 Å². The van der Waals surface area contributed by atoms with Crippen molar-refractivity contribution in [3.8, 4) is 0 Å². The highest BCUT2D eigenvalue weighted by Crippen LogP contribution is 2.27. The molecule has 0 atom stereocenters. The van der Waals surface area contributed by atoms with Crippen LogP contribution in [0.5, 0.6) is 0 Å². The van der Waals surface area contributed by atoms with Gasteiger partial charge in [-0.2, -0.15) is 0 Å². The first-order chi connectivity index (χ1) is 9.81. The number of hydrogen-bond acceptors (Lipinski definition) is 3. The van der Waals surface area contributed by atoms with Gasteiger partial charge in [-0.3, -0.25) is 9.88 Å². The lowest BCUT2D eigenvalue weighted by Gasteiger charge is -2.31. The second kappa shape index (κ2) is 8.38. The van der Waals surface area contributed by atoms with E-state index in [0.29, 0.717) is 0 Å². The van der Waals surface area contributed by atoms with E-state index in [1.165, 1.54) is 37.9 Å². The summed E-state index contributed by atoms with van der Waals surface area (Å²) in [6.45, 7) is 9.76. The van der Waals surface area contributed by atoms with E-state index in [2.05, 4.69) is 42.3 Å². The third-order valence-electron chi connectivity index (χ3n) is 4.17. The summed E-state index contributed by atoms with van der Waals surface area (Å²) in [5, 5.41) is 3.42. The lowest BCUT2D eigenvalue weighted by Crippen LogP contribution is -2.32. The standard InChI is InChI=1S/C17H29N3/c1-3-11-18-12-16-9-6-10-17(19-16)14-20(4-2)13-15-7-5-8-15/h6,9-10,15,18H,3-5,7-8,11-14H2,1-2H3. The minimum Gasteiger partial charge on any atom is -0.311 e. The highest BCUT2D eigenvalue weighted by molar-refractivity contribution is 5.11. The zero-order chi connectivity index (χ0) is 14.2. The van der Waals surface area contributed by atoms with Gasteiger partial charge in [0.25, 0.3) is 0 Å². The van der Waals surface area contributed by atoms with Gasteiger partial charge in [0.15, 0.2) is 0 Å². The van der Waals surface area contributed by atoms with E-state index in [0.717, 1.165) is 37.8 Å². The molecule has 0 bridgehead atoms. The molecule has 0 amide bonds. The monoisotopic (exact) mass is 275 g/mol. The van der Waals surface area contributed by atoms with Crippen molar-refractivity contribution in [2.75, 3.05) is 19.6 Å². The number of aromatic nitrogens is 1. The van der Waals surface area contributed by atoms with Gasteiger partial charge in [0, 0.05) is 19.6 Å². The van der Waals surface area contributed by atoms with Gasteiger partial charge in [-0.15, -0.1) is 0 Å². The Morgan fingerprint density at radius 3 is 2.70 bits per heavy atom. The Balaban J connectivity index is 1.84. The van der Waals surface area contributed by atoms with Crippen molar-refractivity contribution in [2.45, 2.75) is 52.6 Å². The Morgan fingerprint density at radius 1 is 1.25 bits per heavy atom. The predicted octanol–water partition coefficient (Wildman–Crippen LogP) is 3.20. The molecule has 112 valence electrons. The van der Waals surface area contributed by atoms with Crippen molar-refractivity contribution in [2.24, 2.45) is 5.92 Å². The van der Waals surface area contributed by atoms with Gasteiger partial charge in [-0.05, 0) is 50.4 Å². The molecule has 20 heavy (non-hydrogen) atoms. The van der Waals surface area contributed by atoms with Crippen LogP contribution in [-0.4, -0.2) is 29.5 Å². The number of hydrogen-bond donors (Lipinski definition) is 1. The molecular weight excluding hydrogens is 246 g/mol. The SMILES string of the molecule is CCCNCc1cccc(CN(CC)CC2CCC2)n1. The molecule has 1 aromatic heterocycles. The van der Waals surface area contributed by atoms with Crippen molar-refractivity contribution in [1.82, 2.24) is 15.2 Å². The summed E-state index contributed by atoms with van der Waals surface area (Å²) < 4.78 is 0. The minimum absolute atomic E-state index is 0.885. The van der Waals surface area contributed by atoms with E-state index in [-0.39, 0.29) is 0 Å². The van der Waals surface area contributed by atoms with Gasteiger partial charge in [-0.25, -0.2) is 0 Å². The largest absolute Gasteiger partial charge is 0.311 e. The Bertz CT molecular complexity index is 388. The van der Waals surface area contributed by atoms with Gasteiger partial charge in [0.05, 0.1) is 11.4 Å². The average Bonchev–Trinajstić information content (AvgIpc) is 2.42. The molecule has 0 spiro atoms. The maximum Gasteiger partial charge on any atom is 0.0547 e. The molecular formula is C17H29N3. The van der Waals surface area contributed by atoms with Crippen LogP contribution in [0.4, 0.5) is 0 Å². The third-order valence-corrected chi connectivity index (χ3v) is 4.17. The summed E-state index contributed by atoms with van der Waals surface area (Å²) in [6.07, 6.45) is 5.44. The molecule has 1 N–H and O–H groups in total. The van der Waals surface area contributed by atoms with Gasteiger partial charge < -0.3 is 5.32 Å². The quantitative estimate of drug-likeness (QED) is 0.702. The van der Waals surface area contributed by atoms with Gasteiger partial charge in [-0.1, -0.05) is 26.3 Å². The summed E-state index contributed by atoms with van der Waals surface area (Å²) in [5.74, 6) is 0.935. The molecule has 3 nitrogen and oxygen atoms in total. The van der Waals surface area contributed by atoms with Crippen LogP contribution in [0.15, 0.2) is 18.2 Å². The van der Waals surface area contributed by atoms with E-state index in [1.54, 1.807) is 0 Å². The molecule has 0 aliphatic heterocycles. The molecule has 1 heterocycles. The molecule has 1 saturated carbocycles. The number of nitrogens with zero attached hydrogens (tertiary/aromatic N) is 2. The lowest BCUT2D eigenvalue weighted by molar-refractivity contribution is 0.176. The van der Waals surface area contributed by atoms with Gasteiger partial charge in [0.1, 0.15) is 0 Å². The van der Waals surface area contributed by atoms with Crippen LogP contribution in [0, 0.1) is 5.92 Å². The highest BCUT2D eigenvalue weighted by Gasteiger charge is 2.20. The van der Waals surface area contributed by atoms with Crippen LogP contribution >= 0.6 is 0 Å². The van der Waals surface area contributed by atoms with Crippen LogP contribution in [-0.2, 0) is 13.1 Å². The number of pyridine rings is 1. The fraction of sp³-hybridized carbons (Fsp3) is 0.706. The van der Waals surface area contributed by atoms with E-state index < -0.39 is 0 Å². The second-order valence-electron chi connectivity index (χ2n) is 5.92. The van der Waals surface area contributed by atoms with Gasteiger partial charge in [0.2, 0.25) is 0 Å². The number of nitrogens with one attached hydrogen (secondary N) is 1. The van der Waals surface area contributed by atoms with E-state index in [1.807, 2.05) is 0 Å². The van der Waals surface area contributed by atoms with Crippen LogP contribution < -0.4 is 5.32 Å². The maximum absolute atomic E-state index is 4.78. The molecule has 0 saturated heterocycles. The van der Waals surface area contributed by atoms with Crippen LogP contribution in [0.25, 0.3) is 0 Å². The molecule has 0 aromatic carbocycles. The first kappa shape index (κ1) is 15.5. The first-order valence-electron chi connectivity index (χ1n) is 8.19. The van der Waals surface area contributed by atoms with Crippen molar-refractivity contribution < 1.29 is 0 Å². The Labute approximate surface area is 123 Å². The van der Waals surface area contributed by atoms with Crippen LogP contribution in [0.3, 0.4) is 0 Å². The molecule has 1 fully saturated rings. The predicted molar refractivity (Wildman–Crippen MR) is 84.5 cm³/mol. The topological polar surface area (TPSA) is 28.2 Å². The van der Waals surface area contributed by atoms with Crippen molar-refractivity contribution in [3.05, 3.63) is 29.6 Å². The molecule has 1 aromatic rings. The normalized spacial score (nSPS) is 15.6. The summed E-state index contributed by atoms with van der Waals surface area (Å²) in [6, 6.07) is 6.42. The fourth-order valence-electron chi connectivity index (χ4n) is 2.68. The Hall–Kier alpha value is -0.930. The van der Waals surface area contributed by atoms with E-state index in [4.69, 9.17) is 4.98 Å². The Morgan fingerprint density at radius 2 is 2.05 bits per heavy atom. The zero-order valence-electron chi connectivity index (χ0n) is 13.1. The zero-order valence-corrected chi connectivity index (χ0v) is 13.1. The third kappa shape index (κ3) is 4.88. The highest BCUT2D eigenvalue weighted by atomic mass is 15.1. The van der Waals surface area contributed by atoms with Crippen LogP contribution in [0.1, 0.15) is 50.9 Å². The minimum atomic E-state index is 0.885. The summed E-state index contributed by atoms with van der Waals surface area (Å²) in [5.41, 5.74) is 2.37. The first-order valence-corrected chi connectivity index (χ1v) is 8.19.